The predicted octanol–water partition coefficient (Wildman–Crippen LogP) is 1.30. The zero-order valence-corrected chi connectivity index (χ0v) is 13.7. The molecule has 1 aliphatic heterocycles. The minimum atomic E-state index is -0.124. The van der Waals surface area contributed by atoms with Crippen LogP contribution in [0.25, 0.3) is 0 Å². The number of carbonyl (C=O) groups excluding carboxylic acids is 1. The fourth-order valence-corrected chi connectivity index (χ4v) is 2.87. The number of rotatable bonds is 5. The van der Waals surface area contributed by atoms with Crippen molar-refractivity contribution in [1.29, 1.82) is 0 Å². The second-order valence-corrected chi connectivity index (χ2v) is 5.98. The van der Waals surface area contributed by atoms with Gasteiger partial charge in [-0.25, -0.2) is 4.68 Å². The number of aryl methyl sites for hydroxylation is 1. The highest BCUT2D eigenvalue weighted by atomic mass is 16.2. The monoisotopic (exact) mass is 306 g/mol. The van der Waals surface area contributed by atoms with Gasteiger partial charge in [-0.3, -0.25) is 9.59 Å². The lowest BCUT2D eigenvalue weighted by Crippen LogP contribution is -2.46. The molecule has 1 aromatic heterocycles. The van der Waals surface area contributed by atoms with Crippen LogP contribution in [0.4, 0.5) is 5.69 Å². The van der Waals surface area contributed by atoms with E-state index in [-0.39, 0.29) is 23.4 Å². The van der Waals surface area contributed by atoms with Gasteiger partial charge in [-0.1, -0.05) is 13.8 Å². The molecule has 2 rings (SSSR count). The lowest BCUT2D eigenvalue weighted by molar-refractivity contribution is -0.126. The Morgan fingerprint density at radius 2 is 2.18 bits per heavy atom. The average molecular weight is 306 g/mol. The van der Waals surface area contributed by atoms with E-state index in [1.54, 1.807) is 19.3 Å². The Morgan fingerprint density at radius 3 is 2.82 bits per heavy atom. The molecule has 0 radical (unpaired) electrons. The standard InChI is InChI=1S/C16H26N4O2/c1-4-13(5-2)18-16(22)12-7-6-8-20(11-12)14-9-15(21)19(3)17-10-14/h9-10,12-13H,4-8,11H2,1-3H3,(H,18,22). The summed E-state index contributed by atoms with van der Waals surface area (Å²) in [7, 11) is 1.63. The third-order valence-electron chi connectivity index (χ3n) is 4.44. The van der Waals surface area contributed by atoms with Crippen LogP contribution in [0.3, 0.4) is 0 Å². The number of aromatic nitrogens is 2. The number of nitrogens with one attached hydrogen (secondary N) is 1. The molecule has 22 heavy (non-hydrogen) atoms. The molecule has 1 aliphatic rings. The number of amides is 1. The molecule has 1 N–H and O–H groups in total. The highest BCUT2D eigenvalue weighted by molar-refractivity contribution is 5.79. The van der Waals surface area contributed by atoms with Gasteiger partial charge < -0.3 is 10.2 Å². The van der Waals surface area contributed by atoms with Crippen LogP contribution in [0.5, 0.6) is 0 Å². The maximum atomic E-state index is 12.4. The Morgan fingerprint density at radius 1 is 1.45 bits per heavy atom. The van der Waals surface area contributed by atoms with E-state index in [1.165, 1.54) is 4.68 Å². The largest absolute Gasteiger partial charge is 0.369 e. The average Bonchev–Trinajstić information content (AvgIpc) is 2.55. The maximum Gasteiger partial charge on any atom is 0.268 e. The molecule has 1 unspecified atom stereocenters. The topological polar surface area (TPSA) is 67.2 Å². The number of nitrogens with zero attached hydrogens (tertiary/aromatic N) is 3. The van der Waals surface area contributed by atoms with E-state index in [2.05, 4.69) is 29.2 Å². The number of carbonyl (C=O) groups is 1. The van der Waals surface area contributed by atoms with E-state index in [0.717, 1.165) is 37.9 Å². The molecule has 0 bridgehead atoms. The molecule has 1 aromatic rings. The highest BCUT2D eigenvalue weighted by Crippen LogP contribution is 2.22. The van der Waals surface area contributed by atoms with Crippen molar-refractivity contribution >= 4 is 11.6 Å². The summed E-state index contributed by atoms with van der Waals surface area (Å²) in [5, 5.41) is 7.19. The van der Waals surface area contributed by atoms with Gasteiger partial charge in [0.25, 0.3) is 5.56 Å². The molecule has 6 nitrogen and oxygen atoms in total. The number of anilines is 1. The molecule has 1 fully saturated rings. The molecule has 1 saturated heterocycles. The van der Waals surface area contributed by atoms with Crippen LogP contribution < -0.4 is 15.8 Å². The van der Waals surface area contributed by atoms with E-state index in [1.807, 2.05) is 0 Å². The third-order valence-corrected chi connectivity index (χ3v) is 4.44. The number of piperidine rings is 1. The van der Waals surface area contributed by atoms with Crippen molar-refractivity contribution in [3.8, 4) is 0 Å². The molecule has 2 heterocycles. The van der Waals surface area contributed by atoms with Crippen molar-refractivity contribution in [3.63, 3.8) is 0 Å². The summed E-state index contributed by atoms with van der Waals surface area (Å²) in [5.74, 6) is 0.119. The van der Waals surface area contributed by atoms with Crippen LogP contribution in [0, 0.1) is 5.92 Å². The van der Waals surface area contributed by atoms with Crippen molar-refractivity contribution in [2.24, 2.45) is 13.0 Å². The molecule has 1 atom stereocenters. The molecule has 0 aromatic carbocycles. The summed E-state index contributed by atoms with van der Waals surface area (Å²) >= 11 is 0. The van der Waals surface area contributed by atoms with Gasteiger partial charge in [0.05, 0.1) is 17.8 Å². The van der Waals surface area contributed by atoms with Gasteiger partial charge in [0.15, 0.2) is 0 Å². The third kappa shape index (κ3) is 3.87. The van der Waals surface area contributed by atoms with E-state index in [4.69, 9.17) is 0 Å². The Bertz CT molecular complexity index is 566. The van der Waals surface area contributed by atoms with Crippen LogP contribution in [0.2, 0.25) is 0 Å². The smallest absolute Gasteiger partial charge is 0.268 e. The fraction of sp³-hybridized carbons (Fsp3) is 0.688. The molecule has 1 amide bonds. The second kappa shape index (κ2) is 7.42. The minimum absolute atomic E-state index is 0.0154. The molecular formula is C16H26N4O2. The first-order chi connectivity index (χ1) is 10.5. The second-order valence-electron chi connectivity index (χ2n) is 5.98. The first-order valence-corrected chi connectivity index (χ1v) is 8.13. The summed E-state index contributed by atoms with van der Waals surface area (Å²) in [5.41, 5.74) is 0.684. The molecule has 122 valence electrons. The Hall–Kier alpha value is -1.85. The zero-order chi connectivity index (χ0) is 16.1. The Labute approximate surface area is 131 Å². The summed E-state index contributed by atoms with van der Waals surface area (Å²) < 4.78 is 1.31. The SMILES string of the molecule is CCC(CC)NC(=O)C1CCCN(c2cnn(C)c(=O)c2)C1. The molecule has 0 aliphatic carbocycles. The zero-order valence-electron chi connectivity index (χ0n) is 13.7. The lowest BCUT2D eigenvalue weighted by Gasteiger charge is -2.34. The minimum Gasteiger partial charge on any atom is -0.369 e. The van der Waals surface area contributed by atoms with Gasteiger partial charge in [0.1, 0.15) is 0 Å². The van der Waals surface area contributed by atoms with Crippen LogP contribution in [-0.4, -0.2) is 34.8 Å². The molecule has 6 heteroatoms. The first kappa shape index (κ1) is 16.5. The number of hydrogen-bond acceptors (Lipinski definition) is 4. The van der Waals surface area contributed by atoms with E-state index >= 15 is 0 Å². The summed E-state index contributed by atoms with van der Waals surface area (Å²) in [6, 6.07) is 1.85. The van der Waals surface area contributed by atoms with Crippen LogP contribution >= 0.6 is 0 Å². The molecule has 0 spiro atoms. The van der Waals surface area contributed by atoms with Gasteiger partial charge in [-0.15, -0.1) is 0 Å². The van der Waals surface area contributed by atoms with Gasteiger partial charge in [0.2, 0.25) is 5.91 Å². The predicted molar refractivity (Wildman–Crippen MR) is 86.9 cm³/mol. The van der Waals surface area contributed by atoms with Crippen molar-refractivity contribution in [3.05, 3.63) is 22.6 Å². The van der Waals surface area contributed by atoms with E-state index < -0.39 is 0 Å². The van der Waals surface area contributed by atoms with E-state index in [0.29, 0.717) is 6.54 Å². The van der Waals surface area contributed by atoms with Crippen molar-refractivity contribution < 1.29 is 4.79 Å². The normalized spacial score (nSPS) is 18.5. The van der Waals surface area contributed by atoms with Crippen LogP contribution in [0.1, 0.15) is 39.5 Å². The quantitative estimate of drug-likeness (QED) is 0.890. The van der Waals surface area contributed by atoms with Gasteiger partial charge in [-0.2, -0.15) is 5.10 Å². The van der Waals surface area contributed by atoms with Crippen molar-refractivity contribution in [2.45, 2.75) is 45.6 Å². The van der Waals surface area contributed by atoms with Gasteiger partial charge in [0, 0.05) is 32.2 Å². The van der Waals surface area contributed by atoms with Crippen molar-refractivity contribution in [1.82, 2.24) is 15.1 Å². The van der Waals surface area contributed by atoms with Crippen molar-refractivity contribution in [2.75, 3.05) is 18.0 Å². The first-order valence-electron chi connectivity index (χ1n) is 8.13. The maximum absolute atomic E-state index is 12.4. The van der Waals surface area contributed by atoms with Crippen LogP contribution in [-0.2, 0) is 11.8 Å². The molecular weight excluding hydrogens is 280 g/mol. The van der Waals surface area contributed by atoms with Crippen LogP contribution in [0.15, 0.2) is 17.1 Å². The highest BCUT2D eigenvalue weighted by Gasteiger charge is 2.27. The number of hydrogen-bond donors (Lipinski definition) is 1. The summed E-state index contributed by atoms with van der Waals surface area (Å²) in [6.07, 6.45) is 5.47. The van der Waals surface area contributed by atoms with E-state index in [9.17, 15) is 9.59 Å². The lowest BCUT2D eigenvalue weighted by atomic mass is 9.96. The Balaban J connectivity index is 2.03. The van der Waals surface area contributed by atoms with Gasteiger partial charge >= 0.3 is 0 Å². The fourth-order valence-electron chi connectivity index (χ4n) is 2.87. The Kier molecular flexibility index (Phi) is 5.57. The summed E-state index contributed by atoms with van der Waals surface area (Å²) in [6.45, 7) is 5.70. The molecule has 0 saturated carbocycles. The summed E-state index contributed by atoms with van der Waals surface area (Å²) in [4.78, 5) is 26.2. The van der Waals surface area contributed by atoms with Gasteiger partial charge in [-0.05, 0) is 25.7 Å².